The molecule has 22 heavy (non-hydrogen) atoms. The van der Waals surface area contributed by atoms with Gasteiger partial charge in [0.05, 0.1) is 5.56 Å². The molecule has 1 aliphatic rings. The molecule has 1 saturated heterocycles. The maximum absolute atomic E-state index is 12.1. The van der Waals surface area contributed by atoms with Crippen LogP contribution in [0.1, 0.15) is 23.2 Å². The molecule has 9 heteroatoms. The highest BCUT2D eigenvalue weighted by molar-refractivity contribution is 6.02. The summed E-state index contributed by atoms with van der Waals surface area (Å²) in [4.78, 5) is 39.1. The highest BCUT2D eigenvalue weighted by Crippen LogP contribution is 2.20. The Hall–Kier alpha value is -2.58. The van der Waals surface area contributed by atoms with Crippen molar-refractivity contribution in [2.75, 3.05) is 6.61 Å². The summed E-state index contributed by atoms with van der Waals surface area (Å²) < 4.78 is 40.7. The summed E-state index contributed by atoms with van der Waals surface area (Å²) in [6.07, 6.45) is -4.62. The van der Waals surface area contributed by atoms with Gasteiger partial charge in [-0.15, -0.1) is 5.06 Å². The monoisotopic (exact) mass is 317 g/mol. The van der Waals surface area contributed by atoms with E-state index in [1.54, 1.807) is 0 Å². The molecule has 0 aromatic heterocycles. The Morgan fingerprint density at radius 2 is 1.82 bits per heavy atom. The number of ether oxygens (including phenoxy) is 1. The van der Waals surface area contributed by atoms with Gasteiger partial charge in [0.15, 0.2) is 6.61 Å². The van der Waals surface area contributed by atoms with Crippen LogP contribution < -0.4 is 4.74 Å². The SMILES string of the molecule is O=C(ON1C(=O)CCC1=O)c1cccc(OCC(F)(F)F)c1. The summed E-state index contributed by atoms with van der Waals surface area (Å²) in [7, 11) is 0. The number of amides is 2. The Labute approximate surface area is 122 Å². The smallest absolute Gasteiger partial charge is 0.422 e. The molecule has 0 unspecified atom stereocenters. The lowest BCUT2D eigenvalue weighted by atomic mass is 10.2. The molecule has 1 fully saturated rings. The molecule has 0 aliphatic carbocycles. The first-order valence-electron chi connectivity index (χ1n) is 6.14. The van der Waals surface area contributed by atoms with Crippen LogP contribution in [-0.4, -0.2) is 35.6 Å². The third-order valence-electron chi connectivity index (χ3n) is 2.65. The average molecular weight is 317 g/mol. The van der Waals surface area contributed by atoms with Crippen molar-refractivity contribution in [3.05, 3.63) is 29.8 Å². The molecule has 0 N–H and O–H groups in total. The first-order chi connectivity index (χ1) is 10.3. The number of carbonyl (C=O) groups is 3. The molecule has 2 rings (SSSR count). The van der Waals surface area contributed by atoms with Gasteiger partial charge in [0.1, 0.15) is 5.75 Å². The van der Waals surface area contributed by atoms with Crippen LogP contribution in [0.5, 0.6) is 5.75 Å². The van der Waals surface area contributed by atoms with Crippen LogP contribution in [0.3, 0.4) is 0 Å². The second kappa shape index (κ2) is 6.04. The number of benzene rings is 1. The molecule has 6 nitrogen and oxygen atoms in total. The Bertz CT molecular complexity index is 598. The van der Waals surface area contributed by atoms with Crippen LogP contribution in [0.25, 0.3) is 0 Å². The molecule has 0 spiro atoms. The van der Waals surface area contributed by atoms with E-state index in [4.69, 9.17) is 0 Å². The Morgan fingerprint density at radius 1 is 1.18 bits per heavy atom. The minimum absolute atomic E-state index is 0.0547. The molecule has 0 atom stereocenters. The minimum atomic E-state index is -4.51. The lowest BCUT2D eigenvalue weighted by Crippen LogP contribution is -2.32. The van der Waals surface area contributed by atoms with E-state index in [1.165, 1.54) is 18.2 Å². The molecule has 0 saturated carbocycles. The molecule has 0 bridgehead atoms. The van der Waals surface area contributed by atoms with E-state index >= 15 is 0 Å². The van der Waals surface area contributed by atoms with Crippen molar-refractivity contribution in [3.63, 3.8) is 0 Å². The molecule has 1 aromatic carbocycles. The largest absolute Gasteiger partial charge is 0.484 e. The van der Waals surface area contributed by atoms with Gasteiger partial charge in [0.25, 0.3) is 11.8 Å². The third-order valence-corrected chi connectivity index (χ3v) is 2.65. The Kier molecular flexibility index (Phi) is 4.34. The zero-order valence-corrected chi connectivity index (χ0v) is 11.1. The van der Waals surface area contributed by atoms with E-state index in [0.29, 0.717) is 5.06 Å². The molecule has 1 aromatic rings. The van der Waals surface area contributed by atoms with Crippen molar-refractivity contribution in [1.29, 1.82) is 0 Å². The normalized spacial score (nSPS) is 15.1. The fraction of sp³-hybridized carbons (Fsp3) is 0.308. The van der Waals surface area contributed by atoms with E-state index in [0.717, 1.165) is 6.07 Å². The van der Waals surface area contributed by atoms with Gasteiger partial charge in [0, 0.05) is 12.8 Å². The van der Waals surface area contributed by atoms with Crippen molar-refractivity contribution in [2.45, 2.75) is 19.0 Å². The zero-order chi connectivity index (χ0) is 16.3. The van der Waals surface area contributed by atoms with Gasteiger partial charge in [0.2, 0.25) is 0 Å². The van der Waals surface area contributed by atoms with Gasteiger partial charge >= 0.3 is 12.1 Å². The van der Waals surface area contributed by atoms with Gasteiger partial charge in [-0.2, -0.15) is 13.2 Å². The number of alkyl halides is 3. The molecule has 1 heterocycles. The lowest BCUT2D eigenvalue weighted by molar-refractivity contribution is -0.172. The molecule has 118 valence electrons. The number of hydroxylamine groups is 2. The van der Waals surface area contributed by atoms with Gasteiger partial charge < -0.3 is 9.57 Å². The second-order valence-electron chi connectivity index (χ2n) is 4.39. The topological polar surface area (TPSA) is 72.9 Å². The van der Waals surface area contributed by atoms with E-state index < -0.39 is 30.6 Å². The maximum atomic E-state index is 12.1. The third kappa shape index (κ3) is 3.96. The van der Waals surface area contributed by atoms with Gasteiger partial charge in [-0.1, -0.05) is 6.07 Å². The average Bonchev–Trinajstić information content (AvgIpc) is 2.76. The number of carbonyl (C=O) groups excluding carboxylic acids is 3. The predicted molar refractivity (Wildman–Crippen MR) is 64.5 cm³/mol. The summed E-state index contributed by atoms with van der Waals surface area (Å²) in [5, 5.41) is 0.353. The van der Waals surface area contributed by atoms with E-state index in [1.807, 2.05) is 0 Å². The standard InChI is InChI=1S/C13H10F3NO5/c14-13(15,16)7-21-9-3-1-2-8(6-9)12(20)22-17-10(18)4-5-11(17)19/h1-3,6H,4-5,7H2. The first kappa shape index (κ1) is 15.8. The molecule has 0 radical (unpaired) electrons. The van der Waals surface area contributed by atoms with Crippen LogP contribution in [0.2, 0.25) is 0 Å². The van der Waals surface area contributed by atoms with Crippen molar-refractivity contribution in [2.24, 2.45) is 0 Å². The summed E-state index contributed by atoms with van der Waals surface area (Å²) in [6, 6.07) is 4.80. The predicted octanol–water partition coefficient (Wildman–Crippen LogP) is 1.85. The summed E-state index contributed by atoms with van der Waals surface area (Å²) >= 11 is 0. The van der Waals surface area contributed by atoms with Crippen molar-refractivity contribution >= 4 is 17.8 Å². The number of hydrogen-bond donors (Lipinski definition) is 0. The maximum Gasteiger partial charge on any atom is 0.422 e. The summed E-state index contributed by atoms with van der Waals surface area (Å²) in [5.41, 5.74) is -0.146. The van der Waals surface area contributed by atoms with Crippen molar-refractivity contribution in [1.82, 2.24) is 5.06 Å². The van der Waals surface area contributed by atoms with E-state index in [9.17, 15) is 27.6 Å². The van der Waals surface area contributed by atoms with E-state index in [2.05, 4.69) is 9.57 Å². The van der Waals surface area contributed by atoms with Crippen molar-refractivity contribution < 1.29 is 37.1 Å². The highest BCUT2D eigenvalue weighted by atomic mass is 19.4. The molecule has 1 aliphatic heterocycles. The Balaban J connectivity index is 2.04. The highest BCUT2D eigenvalue weighted by Gasteiger charge is 2.33. The van der Waals surface area contributed by atoms with Crippen LogP contribution in [0.15, 0.2) is 24.3 Å². The quantitative estimate of drug-likeness (QED) is 0.792. The number of nitrogens with zero attached hydrogens (tertiary/aromatic N) is 1. The second-order valence-corrected chi connectivity index (χ2v) is 4.39. The van der Waals surface area contributed by atoms with Crippen LogP contribution in [0, 0.1) is 0 Å². The lowest BCUT2D eigenvalue weighted by Gasteiger charge is -2.13. The van der Waals surface area contributed by atoms with Crippen molar-refractivity contribution in [3.8, 4) is 5.75 Å². The summed E-state index contributed by atoms with van der Waals surface area (Å²) in [5.74, 6) is -2.53. The number of imide groups is 1. The molecule has 2 amide bonds. The summed E-state index contributed by atoms with van der Waals surface area (Å²) in [6.45, 7) is -1.51. The fourth-order valence-corrected chi connectivity index (χ4v) is 1.67. The molecular formula is C13H10F3NO5. The van der Waals surface area contributed by atoms with Crippen LogP contribution >= 0.6 is 0 Å². The number of halogens is 3. The first-order valence-corrected chi connectivity index (χ1v) is 6.14. The van der Waals surface area contributed by atoms with Crippen LogP contribution in [-0.2, 0) is 14.4 Å². The Morgan fingerprint density at radius 3 is 2.41 bits per heavy atom. The zero-order valence-electron chi connectivity index (χ0n) is 11.1. The van der Waals surface area contributed by atoms with Gasteiger partial charge in [-0.3, -0.25) is 9.59 Å². The van der Waals surface area contributed by atoms with Gasteiger partial charge in [-0.05, 0) is 18.2 Å². The van der Waals surface area contributed by atoms with Crippen LogP contribution in [0.4, 0.5) is 13.2 Å². The minimum Gasteiger partial charge on any atom is -0.484 e. The van der Waals surface area contributed by atoms with E-state index in [-0.39, 0.29) is 24.2 Å². The fourth-order valence-electron chi connectivity index (χ4n) is 1.67. The number of rotatable bonds is 4. The van der Waals surface area contributed by atoms with Gasteiger partial charge in [-0.25, -0.2) is 4.79 Å². The number of hydrogen-bond acceptors (Lipinski definition) is 5. The molecular weight excluding hydrogens is 307 g/mol.